The largest absolute Gasteiger partial charge is 0.321 e. The van der Waals surface area contributed by atoms with Gasteiger partial charge >= 0.3 is 0 Å². The Hall–Kier alpha value is -0.300. The van der Waals surface area contributed by atoms with Crippen LogP contribution in [0, 0.1) is 52.3 Å². The first-order valence-corrected chi connectivity index (χ1v) is 10.9. The molecular weight excluding hydrogens is 302 g/mol. The van der Waals surface area contributed by atoms with E-state index >= 15 is 0 Å². The molecule has 1 heteroatoms. The number of rotatable bonds is 4. The molecule has 2 bridgehead atoms. The average molecular weight is 344 g/mol. The number of hydrogen-bond acceptors (Lipinski definition) is 1. The molecular formula is C24H41N. The maximum absolute atomic E-state index is 7.12. The lowest BCUT2D eigenvalue weighted by molar-refractivity contribution is 0.131. The minimum atomic E-state index is -0.260. The van der Waals surface area contributed by atoms with Crippen LogP contribution in [-0.2, 0) is 0 Å². The summed E-state index contributed by atoms with van der Waals surface area (Å²) in [5.41, 5.74) is 8.50. The van der Waals surface area contributed by atoms with Gasteiger partial charge in [0.25, 0.3) is 0 Å². The van der Waals surface area contributed by atoms with Gasteiger partial charge in [-0.15, -0.1) is 0 Å². The van der Waals surface area contributed by atoms with Crippen molar-refractivity contribution in [1.82, 2.24) is 0 Å². The molecule has 4 aliphatic carbocycles. The first-order valence-electron chi connectivity index (χ1n) is 10.9. The molecule has 0 heterocycles. The van der Waals surface area contributed by atoms with Crippen LogP contribution in [0.2, 0.25) is 0 Å². The van der Waals surface area contributed by atoms with Gasteiger partial charge in [-0.05, 0) is 90.8 Å². The van der Waals surface area contributed by atoms with Crippen molar-refractivity contribution < 1.29 is 0 Å². The predicted octanol–water partition coefficient (Wildman–Crippen LogP) is 6.04. The second-order valence-electron chi connectivity index (χ2n) is 12.6. The van der Waals surface area contributed by atoms with Crippen LogP contribution < -0.4 is 5.73 Å². The molecule has 142 valence electrons. The van der Waals surface area contributed by atoms with Gasteiger partial charge in [-0.2, -0.15) is 0 Å². The van der Waals surface area contributed by atoms with E-state index in [0.717, 1.165) is 47.8 Å². The highest BCUT2D eigenvalue weighted by Gasteiger charge is 2.64. The highest BCUT2D eigenvalue weighted by Crippen LogP contribution is 2.72. The van der Waals surface area contributed by atoms with Crippen LogP contribution in [0.5, 0.6) is 0 Å². The molecule has 0 aromatic heterocycles. The number of hydrogen-bond donors (Lipinski definition) is 1. The molecule has 8 unspecified atom stereocenters. The van der Waals surface area contributed by atoms with Crippen molar-refractivity contribution in [3.63, 3.8) is 0 Å². The summed E-state index contributed by atoms with van der Waals surface area (Å²) in [6.07, 6.45) is 8.36. The second-order valence-corrected chi connectivity index (χ2v) is 12.6. The van der Waals surface area contributed by atoms with Gasteiger partial charge in [0, 0.05) is 5.54 Å². The van der Waals surface area contributed by atoms with Gasteiger partial charge in [0.05, 0.1) is 0 Å². The Bertz CT molecular complexity index is 562. The van der Waals surface area contributed by atoms with Crippen LogP contribution in [0.3, 0.4) is 0 Å². The maximum atomic E-state index is 7.12. The Morgan fingerprint density at radius 2 is 1.40 bits per heavy atom. The van der Waals surface area contributed by atoms with E-state index in [1.807, 2.05) is 0 Å². The molecule has 4 fully saturated rings. The zero-order valence-corrected chi connectivity index (χ0v) is 17.6. The van der Waals surface area contributed by atoms with Crippen molar-refractivity contribution in [1.29, 1.82) is 0 Å². The molecule has 0 saturated heterocycles. The zero-order valence-electron chi connectivity index (χ0n) is 17.6. The van der Waals surface area contributed by atoms with Gasteiger partial charge in [0.2, 0.25) is 0 Å². The second kappa shape index (κ2) is 5.37. The van der Waals surface area contributed by atoms with E-state index in [2.05, 4.69) is 48.1 Å². The molecule has 0 aliphatic heterocycles. The van der Waals surface area contributed by atoms with Crippen LogP contribution >= 0.6 is 0 Å². The topological polar surface area (TPSA) is 26.0 Å². The van der Waals surface area contributed by atoms with Crippen LogP contribution in [0.1, 0.15) is 80.1 Å². The zero-order chi connectivity index (χ0) is 18.4. The van der Waals surface area contributed by atoms with Crippen LogP contribution in [0.4, 0.5) is 0 Å². The van der Waals surface area contributed by atoms with Crippen molar-refractivity contribution in [3.05, 3.63) is 12.2 Å². The third kappa shape index (κ3) is 2.84. The van der Waals surface area contributed by atoms with Gasteiger partial charge in [-0.1, -0.05) is 53.7 Å². The van der Waals surface area contributed by atoms with Gasteiger partial charge in [-0.25, -0.2) is 0 Å². The summed E-state index contributed by atoms with van der Waals surface area (Å²) < 4.78 is 0. The van der Waals surface area contributed by atoms with Crippen LogP contribution in [0.15, 0.2) is 12.2 Å². The van der Waals surface area contributed by atoms with E-state index in [-0.39, 0.29) is 16.4 Å². The minimum Gasteiger partial charge on any atom is -0.321 e. The Kier molecular flexibility index (Phi) is 3.88. The van der Waals surface area contributed by atoms with Crippen molar-refractivity contribution in [2.24, 2.45) is 58.0 Å². The Labute approximate surface area is 156 Å². The standard InChI is InChI=1S/C24H41N/c1-14(24(25,23(5,6)7)13-22(2,3)4)8-15-9-16-10-18(15)21-19(16)11-17-12-20(17)21/h15-21H,1,8-13,25H2,2-7H3. The van der Waals surface area contributed by atoms with Gasteiger partial charge in [0.15, 0.2) is 0 Å². The normalized spacial score (nSPS) is 44.4. The summed E-state index contributed by atoms with van der Waals surface area (Å²) in [4.78, 5) is 0. The molecule has 0 radical (unpaired) electrons. The van der Waals surface area contributed by atoms with E-state index in [1.54, 1.807) is 12.8 Å². The molecule has 8 atom stereocenters. The summed E-state index contributed by atoms with van der Waals surface area (Å²) >= 11 is 0. The molecule has 0 amide bonds. The smallest absolute Gasteiger partial charge is 0.0420 e. The van der Waals surface area contributed by atoms with Crippen molar-refractivity contribution in [3.8, 4) is 0 Å². The van der Waals surface area contributed by atoms with Gasteiger partial charge in [0.1, 0.15) is 0 Å². The predicted molar refractivity (Wildman–Crippen MR) is 107 cm³/mol. The molecule has 25 heavy (non-hydrogen) atoms. The third-order valence-electron chi connectivity index (χ3n) is 8.71. The van der Waals surface area contributed by atoms with Crippen LogP contribution in [-0.4, -0.2) is 5.54 Å². The number of fused-ring (bicyclic) bond motifs is 7. The van der Waals surface area contributed by atoms with E-state index in [1.165, 1.54) is 24.8 Å². The lowest BCUT2D eigenvalue weighted by Crippen LogP contribution is -2.55. The molecule has 2 N–H and O–H groups in total. The fraction of sp³-hybridized carbons (Fsp3) is 0.917. The molecule has 0 aromatic carbocycles. The Morgan fingerprint density at radius 3 is 1.92 bits per heavy atom. The molecule has 4 rings (SSSR count). The van der Waals surface area contributed by atoms with Crippen molar-refractivity contribution in [2.45, 2.75) is 85.6 Å². The quantitative estimate of drug-likeness (QED) is 0.619. The van der Waals surface area contributed by atoms with Crippen LogP contribution in [0.25, 0.3) is 0 Å². The summed E-state index contributed by atoms with van der Waals surface area (Å²) in [5, 5.41) is 0. The van der Waals surface area contributed by atoms with Gasteiger partial charge < -0.3 is 5.73 Å². The summed E-state index contributed by atoms with van der Waals surface area (Å²) in [5.74, 6) is 7.38. The third-order valence-corrected chi connectivity index (χ3v) is 8.71. The first kappa shape index (κ1) is 18.1. The minimum absolute atomic E-state index is 0.0620. The van der Waals surface area contributed by atoms with E-state index < -0.39 is 0 Å². The van der Waals surface area contributed by atoms with Crippen molar-refractivity contribution >= 4 is 0 Å². The van der Waals surface area contributed by atoms with E-state index in [0.29, 0.717) is 0 Å². The summed E-state index contributed by atoms with van der Waals surface area (Å²) in [7, 11) is 0. The molecule has 1 nitrogen and oxygen atoms in total. The highest BCUT2D eigenvalue weighted by molar-refractivity contribution is 5.24. The summed E-state index contributed by atoms with van der Waals surface area (Å²) in [6, 6.07) is 0. The molecule has 4 saturated carbocycles. The SMILES string of the molecule is C=C(CC1CC2CC1C1C2CC2CC21)C(N)(CC(C)(C)C)C(C)(C)C. The molecule has 0 aromatic rings. The number of nitrogens with two attached hydrogens (primary N) is 1. The average Bonchev–Trinajstić information content (AvgIpc) is 2.79. The van der Waals surface area contributed by atoms with Crippen molar-refractivity contribution in [2.75, 3.05) is 0 Å². The summed E-state index contributed by atoms with van der Waals surface area (Å²) in [6.45, 7) is 18.5. The lowest BCUT2D eigenvalue weighted by atomic mass is 9.61. The molecule has 4 aliphatic rings. The lowest BCUT2D eigenvalue weighted by Gasteiger charge is -2.48. The fourth-order valence-electron chi connectivity index (χ4n) is 7.49. The Morgan fingerprint density at radius 1 is 0.880 bits per heavy atom. The maximum Gasteiger partial charge on any atom is 0.0420 e. The van der Waals surface area contributed by atoms with Gasteiger partial charge in [-0.3, -0.25) is 0 Å². The first-order chi connectivity index (χ1) is 11.4. The van der Waals surface area contributed by atoms with E-state index in [4.69, 9.17) is 5.73 Å². The monoisotopic (exact) mass is 343 g/mol. The fourth-order valence-corrected chi connectivity index (χ4v) is 7.49. The highest BCUT2D eigenvalue weighted by atomic mass is 14.8. The molecule has 0 spiro atoms. The Balaban J connectivity index is 1.49. The van der Waals surface area contributed by atoms with E-state index in [9.17, 15) is 0 Å².